The highest BCUT2D eigenvalue weighted by atomic mass is 16.7. The Morgan fingerprint density at radius 3 is 2.64 bits per heavy atom. The highest BCUT2D eigenvalue weighted by Crippen LogP contribution is 2.25. The molecule has 1 rings (SSSR count). The molecule has 8 heteroatoms. The van der Waals surface area contributed by atoms with E-state index in [0.29, 0.717) is 5.57 Å². The summed E-state index contributed by atoms with van der Waals surface area (Å²) in [5.41, 5.74) is 5.36. The number of hydroxylamine groups is 2. The van der Waals surface area contributed by atoms with Gasteiger partial charge in [0.15, 0.2) is 0 Å². The second-order valence-electron chi connectivity index (χ2n) is 6.91. The van der Waals surface area contributed by atoms with Gasteiger partial charge in [0.2, 0.25) is 5.91 Å². The molecule has 0 aromatic heterocycles. The number of amides is 2. The van der Waals surface area contributed by atoms with Crippen LogP contribution in [-0.2, 0) is 14.4 Å². The topological polar surface area (TPSA) is 105 Å². The molecule has 1 aliphatic rings. The third-order valence-corrected chi connectivity index (χ3v) is 3.63. The van der Waals surface area contributed by atoms with E-state index in [1.165, 1.54) is 4.90 Å². The average molecular weight is 355 g/mol. The van der Waals surface area contributed by atoms with Crippen LogP contribution in [0.25, 0.3) is 0 Å². The number of likely N-dealkylation sites (N-methyl/N-ethyl adjacent to an activating group) is 1. The minimum atomic E-state index is -0.658. The van der Waals surface area contributed by atoms with Gasteiger partial charge < -0.3 is 15.6 Å². The third kappa shape index (κ3) is 6.49. The molecule has 0 bridgehead atoms. The molecule has 0 saturated carbocycles. The van der Waals surface area contributed by atoms with Crippen molar-refractivity contribution in [1.82, 2.24) is 9.96 Å². The Labute approximate surface area is 148 Å². The maximum atomic E-state index is 12.5. The van der Waals surface area contributed by atoms with Crippen LogP contribution >= 0.6 is 0 Å². The van der Waals surface area contributed by atoms with E-state index in [0.717, 1.165) is 0 Å². The highest BCUT2D eigenvalue weighted by molar-refractivity contribution is 5.77. The highest BCUT2D eigenvalue weighted by Gasteiger charge is 2.36. The molecule has 8 nitrogen and oxygen atoms in total. The average Bonchev–Trinajstić information content (AvgIpc) is 2.49. The summed E-state index contributed by atoms with van der Waals surface area (Å²) in [6, 6.07) is -0.976. The molecule has 0 radical (unpaired) electrons. The number of aliphatic hydroxyl groups excluding tert-OH is 1. The van der Waals surface area contributed by atoms with Gasteiger partial charge >= 0.3 is 6.09 Å². The SMILES string of the molecule is C=CCON(C)[C@H]1CN(C(=O)OC(C)(C)C)[C@H](CO)C=C1CC(N)=O. The van der Waals surface area contributed by atoms with Crippen LogP contribution in [0.1, 0.15) is 27.2 Å². The fourth-order valence-electron chi connectivity index (χ4n) is 2.56. The van der Waals surface area contributed by atoms with Crippen molar-refractivity contribution in [2.75, 3.05) is 26.8 Å². The fraction of sp³-hybridized carbons (Fsp3) is 0.647. The van der Waals surface area contributed by atoms with E-state index in [-0.39, 0.29) is 32.2 Å². The Hall–Kier alpha value is -1.90. The normalized spacial score (nSPS) is 21.0. The molecule has 0 saturated heterocycles. The molecule has 1 aliphatic heterocycles. The van der Waals surface area contributed by atoms with Crippen molar-refractivity contribution in [2.45, 2.75) is 44.9 Å². The number of aliphatic hydroxyl groups is 1. The van der Waals surface area contributed by atoms with Crippen molar-refractivity contribution in [1.29, 1.82) is 0 Å². The summed E-state index contributed by atoms with van der Waals surface area (Å²) < 4.78 is 5.41. The van der Waals surface area contributed by atoms with Gasteiger partial charge in [0, 0.05) is 20.0 Å². The molecule has 0 aromatic rings. The van der Waals surface area contributed by atoms with Crippen LogP contribution in [0.15, 0.2) is 24.3 Å². The quantitative estimate of drug-likeness (QED) is 0.517. The molecular formula is C17H29N3O5. The first kappa shape index (κ1) is 21.1. The van der Waals surface area contributed by atoms with Crippen LogP contribution in [0, 0.1) is 0 Å². The summed E-state index contributed by atoms with van der Waals surface area (Å²) >= 11 is 0. The first-order valence-electron chi connectivity index (χ1n) is 8.15. The van der Waals surface area contributed by atoms with Crippen LogP contribution in [0.4, 0.5) is 4.79 Å². The number of hydrogen-bond donors (Lipinski definition) is 2. The van der Waals surface area contributed by atoms with Gasteiger partial charge in [0.05, 0.1) is 25.3 Å². The summed E-state index contributed by atoms with van der Waals surface area (Å²) in [5, 5.41) is 11.2. The van der Waals surface area contributed by atoms with E-state index in [1.807, 2.05) is 0 Å². The van der Waals surface area contributed by atoms with Crippen molar-refractivity contribution in [2.24, 2.45) is 5.73 Å². The van der Waals surface area contributed by atoms with Crippen LogP contribution in [0.5, 0.6) is 0 Å². The van der Waals surface area contributed by atoms with E-state index in [9.17, 15) is 14.7 Å². The minimum absolute atomic E-state index is 0.0190. The monoisotopic (exact) mass is 355 g/mol. The van der Waals surface area contributed by atoms with Gasteiger partial charge in [0.1, 0.15) is 5.60 Å². The molecular weight excluding hydrogens is 326 g/mol. The molecule has 1 heterocycles. The standard InChI is InChI=1S/C17H29N3O5/c1-6-7-24-19(5)14-10-20(16(23)25-17(2,3)4)13(11-21)8-12(14)9-15(18)22/h6,8,13-14,21H,1,7,9-11H2,2-5H3,(H2,18,22)/t13-,14-/m0/s1. The number of carbonyl (C=O) groups is 2. The van der Waals surface area contributed by atoms with Gasteiger partial charge in [0.25, 0.3) is 0 Å². The molecule has 0 aromatic carbocycles. The largest absolute Gasteiger partial charge is 0.444 e. The number of hydrogen-bond acceptors (Lipinski definition) is 6. The van der Waals surface area contributed by atoms with Crippen LogP contribution in [0.3, 0.4) is 0 Å². The van der Waals surface area contributed by atoms with Crippen molar-refractivity contribution < 1.29 is 24.3 Å². The lowest BCUT2D eigenvalue weighted by Crippen LogP contribution is -2.55. The predicted octanol–water partition coefficient (Wildman–Crippen LogP) is 0.818. The third-order valence-electron chi connectivity index (χ3n) is 3.63. The van der Waals surface area contributed by atoms with E-state index >= 15 is 0 Å². The summed E-state index contributed by atoms with van der Waals surface area (Å²) in [6.45, 7) is 9.11. The van der Waals surface area contributed by atoms with E-state index in [2.05, 4.69) is 6.58 Å². The number of primary amides is 1. The Morgan fingerprint density at radius 2 is 2.16 bits per heavy atom. The Bertz CT molecular complexity index is 527. The van der Waals surface area contributed by atoms with Gasteiger partial charge in [-0.3, -0.25) is 14.5 Å². The molecule has 142 valence electrons. The van der Waals surface area contributed by atoms with E-state index < -0.39 is 23.6 Å². The zero-order valence-corrected chi connectivity index (χ0v) is 15.4. The summed E-state index contributed by atoms with van der Waals surface area (Å²) in [4.78, 5) is 30.8. The van der Waals surface area contributed by atoms with Crippen molar-refractivity contribution >= 4 is 12.0 Å². The number of nitrogens with two attached hydrogens (primary N) is 1. The molecule has 2 atom stereocenters. The number of rotatable bonds is 7. The smallest absolute Gasteiger partial charge is 0.410 e. The summed E-state index contributed by atoms with van der Waals surface area (Å²) in [7, 11) is 1.70. The van der Waals surface area contributed by atoms with Gasteiger partial charge in [-0.25, -0.2) is 4.79 Å². The van der Waals surface area contributed by atoms with Crippen LogP contribution in [0.2, 0.25) is 0 Å². The maximum Gasteiger partial charge on any atom is 0.410 e. The Morgan fingerprint density at radius 1 is 1.52 bits per heavy atom. The molecule has 2 amide bonds. The van der Waals surface area contributed by atoms with Gasteiger partial charge in [-0.1, -0.05) is 12.2 Å². The second kappa shape index (κ2) is 8.98. The molecule has 0 aliphatic carbocycles. The van der Waals surface area contributed by atoms with Gasteiger partial charge in [-0.05, 0) is 26.3 Å². The lowest BCUT2D eigenvalue weighted by atomic mass is 9.95. The van der Waals surface area contributed by atoms with Gasteiger partial charge in [-0.15, -0.1) is 6.58 Å². The second-order valence-corrected chi connectivity index (χ2v) is 6.91. The van der Waals surface area contributed by atoms with Gasteiger partial charge in [-0.2, -0.15) is 5.06 Å². The number of ether oxygens (including phenoxy) is 1. The van der Waals surface area contributed by atoms with Crippen LogP contribution in [-0.4, -0.2) is 71.6 Å². The Kier molecular flexibility index (Phi) is 7.60. The molecule has 0 fully saturated rings. The zero-order chi connectivity index (χ0) is 19.2. The van der Waals surface area contributed by atoms with E-state index in [4.69, 9.17) is 15.3 Å². The number of nitrogens with zero attached hydrogens (tertiary/aromatic N) is 2. The predicted molar refractivity (Wildman–Crippen MR) is 93.4 cm³/mol. The Balaban J connectivity index is 3.09. The fourth-order valence-corrected chi connectivity index (χ4v) is 2.56. The molecule has 3 N–H and O–H groups in total. The molecule has 0 spiro atoms. The first-order chi connectivity index (χ1) is 11.6. The van der Waals surface area contributed by atoms with Crippen molar-refractivity contribution in [3.8, 4) is 0 Å². The van der Waals surface area contributed by atoms with Crippen molar-refractivity contribution in [3.63, 3.8) is 0 Å². The first-order valence-corrected chi connectivity index (χ1v) is 8.15. The molecule has 0 unspecified atom stereocenters. The summed E-state index contributed by atoms with van der Waals surface area (Å²) in [6.07, 6.45) is 2.75. The summed E-state index contributed by atoms with van der Waals surface area (Å²) in [5.74, 6) is -0.490. The van der Waals surface area contributed by atoms with Crippen LogP contribution < -0.4 is 5.73 Å². The van der Waals surface area contributed by atoms with E-state index in [1.54, 1.807) is 45.0 Å². The zero-order valence-electron chi connectivity index (χ0n) is 15.4. The lowest BCUT2D eigenvalue weighted by Gasteiger charge is -2.41. The van der Waals surface area contributed by atoms with Crippen molar-refractivity contribution in [3.05, 3.63) is 24.3 Å². The lowest BCUT2D eigenvalue weighted by molar-refractivity contribution is -0.156. The number of carbonyl (C=O) groups excluding carboxylic acids is 2. The maximum absolute atomic E-state index is 12.5. The molecule has 25 heavy (non-hydrogen) atoms. The minimum Gasteiger partial charge on any atom is -0.444 e.